The van der Waals surface area contributed by atoms with Gasteiger partial charge in [0.25, 0.3) is 0 Å². The normalized spacial score (nSPS) is 17.3. The van der Waals surface area contributed by atoms with Crippen LogP contribution < -0.4 is 10.1 Å². The summed E-state index contributed by atoms with van der Waals surface area (Å²) in [5.41, 5.74) is 1.06. The van der Waals surface area contributed by atoms with Gasteiger partial charge in [-0.25, -0.2) is 0 Å². The van der Waals surface area contributed by atoms with E-state index >= 15 is 0 Å². The van der Waals surface area contributed by atoms with Crippen LogP contribution in [0, 0.1) is 5.92 Å². The maximum absolute atomic E-state index is 12.7. The van der Waals surface area contributed by atoms with Crippen LogP contribution in [0.2, 0.25) is 0 Å². The highest BCUT2D eigenvalue weighted by Crippen LogP contribution is 2.25. The van der Waals surface area contributed by atoms with E-state index in [0.29, 0.717) is 0 Å². The molecule has 0 saturated carbocycles. The molecule has 1 aliphatic rings. The van der Waals surface area contributed by atoms with Crippen molar-refractivity contribution in [2.24, 2.45) is 5.92 Å². The van der Waals surface area contributed by atoms with Crippen molar-refractivity contribution < 1.29 is 9.53 Å². The zero-order chi connectivity index (χ0) is 15.9. The van der Waals surface area contributed by atoms with Crippen molar-refractivity contribution in [3.8, 4) is 5.75 Å². The first-order valence-corrected chi connectivity index (χ1v) is 8.23. The molecule has 2 rings (SSSR count). The number of ether oxygens (including phenoxy) is 1. The Morgan fingerprint density at radius 1 is 1.32 bits per heavy atom. The Bertz CT molecular complexity index is 464. The third-order valence-corrected chi connectivity index (χ3v) is 4.72. The van der Waals surface area contributed by atoms with Crippen molar-refractivity contribution in [2.45, 2.75) is 32.1 Å². The van der Waals surface area contributed by atoms with E-state index in [1.54, 1.807) is 7.11 Å². The second kappa shape index (κ2) is 8.18. The van der Waals surface area contributed by atoms with Crippen LogP contribution in [0.5, 0.6) is 5.75 Å². The zero-order valence-corrected chi connectivity index (χ0v) is 14.0. The summed E-state index contributed by atoms with van der Waals surface area (Å²) in [6.45, 7) is 4.86. The third kappa shape index (κ3) is 4.23. The van der Waals surface area contributed by atoms with Gasteiger partial charge in [-0.1, -0.05) is 12.1 Å². The number of piperidine rings is 1. The predicted molar refractivity (Wildman–Crippen MR) is 89.3 cm³/mol. The van der Waals surface area contributed by atoms with Crippen molar-refractivity contribution in [2.75, 3.05) is 33.8 Å². The van der Waals surface area contributed by atoms with E-state index in [-0.39, 0.29) is 11.8 Å². The van der Waals surface area contributed by atoms with Gasteiger partial charge in [-0.2, -0.15) is 0 Å². The van der Waals surface area contributed by atoms with E-state index in [1.807, 2.05) is 43.1 Å². The number of nitrogens with zero attached hydrogens (tertiary/aromatic N) is 1. The van der Waals surface area contributed by atoms with Gasteiger partial charge < -0.3 is 15.0 Å². The fourth-order valence-electron chi connectivity index (χ4n) is 3.10. The minimum Gasteiger partial charge on any atom is -0.497 e. The summed E-state index contributed by atoms with van der Waals surface area (Å²) < 4.78 is 5.17. The molecular weight excluding hydrogens is 276 g/mol. The van der Waals surface area contributed by atoms with E-state index < -0.39 is 0 Å². The van der Waals surface area contributed by atoms with E-state index in [9.17, 15) is 4.79 Å². The number of hydrogen-bond acceptors (Lipinski definition) is 3. The largest absolute Gasteiger partial charge is 0.497 e. The Labute approximate surface area is 133 Å². The van der Waals surface area contributed by atoms with E-state index in [4.69, 9.17) is 4.74 Å². The van der Waals surface area contributed by atoms with Gasteiger partial charge in [0, 0.05) is 13.1 Å². The smallest absolute Gasteiger partial charge is 0.229 e. The number of rotatable bonds is 6. The molecule has 122 valence electrons. The van der Waals surface area contributed by atoms with Crippen LogP contribution in [0.1, 0.15) is 37.7 Å². The molecule has 0 aliphatic carbocycles. The van der Waals surface area contributed by atoms with Gasteiger partial charge in [0.05, 0.1) is 13.0 Å². The molecule has 0 radical (unpaired) electrons. The van der Waals surface area contributed by atoms with Gasteiger partial charge in [-0.05, 0) is 63.4 Å². The average Bonchev–Trinajstić information content (AvgIpc) is 2.59. The first kappa shape index (κ1) is 16.8. The Hall–Kier alpha value is -1.55. The standard InChI is InChI=1S/C18H28N2O2/c1-14(16-4-6-17(22-3)7-5-16)18(21)20-12-9-15(10-13-20)8-11-19-2/h4-7,14-15,19H,8-13H2,1-3H3. The summed E-state index contributed by atoms with van der Waals surface area (Å²) in [4.78, 5) is 14.7. The van der Waals surface area contributed by atoms with Gasteiger partial charge >= 0.3 is 0 Å². The minimum absolute atomic E-state index is 0.0836. The molecule has 1 heterocycles. The molecule has 1 aromatic carbocycles. The molecule has 1 N–H and O–H groups in total. The molecule has 1 aromatic rings. The molecule has 1 amide bonds. The highest BCUT2D eigenvalue weighted by molar-refractivity contribution is 5.83. The quantitative estimate of drug-likeness (QED) is 0.878. The Balaban J connectivity index is 1.88. The fraction of sp³-hybridized carbons (Fsp3) is 0.611. The lowest BCUT2D eigenvalue weighted by atomic mass is 9.92. The highest BCUT2D eigenvalue weighted by Gasteiger charge is 2.26. The lowest BCUT2D eigenvalue weighted by Crippen LogP contribution is -2.40. The number of likely N-dealkylation sites (tertiary alicyclic amines) is 1. The SMILES string of the molecule is CNCCC1CCN(C(=O)C(C)c2ccc(OC)cc2)CC1. The lowest BCUT2D eigenvalue weighted by Gasteiger charge is -2.33. The van der Waals surface area contributed by atoms with Gasteiger partial charge in [0.2, 0.25) is 5.91 Å². The zero-order valence-electron chi connectivity index (χ0n) is 14.0. The van der Waals surface area contributed by atoms with Gasteiger partial charge in [-0.3, -0.25) is 4.79 Å². The number of amides is 1. The molecule has 1 atom stereocenters. The van der Waals surface area contributed by atoms with Gasteiger partial charge in [-0.15, -0.1) is 0 Å². The van der Waals surface area contributed by atoms with Crippen LogP contribution >= 0.6 is 0 Å². The Morgan fingerprint density at radius 2 is 1.95 bits per heavy atom. The minimum atomic E-state index is -0.0836. The van der Waals surface area contributed by atoms with Crippen molar-refractivity contribution in [3.05, 3.63) is 29.8 Å². The summed E-state index contributed by atoms with van der Waals surface area (Å²) in [5, 5.41) is 3.21. The topological polar surface area (TPSA) is 41.6 Å². The molecule has 22 heavy (non-hydrogen) atoms. The molecule has 1 aliphatic heterocycles. The Morgan fingerprint density at radius 3 is 2.50 bits per heavy atom. The van der Waals surface area contributed by atoms with Gasteiger partial charge in [0.15, 0.2) is 0 Å². The summed E-state index contributed by atoms with van der Waals surface area (Å²) in [6, 6.07) is 7.81. The van der Waals surface area contributed by atoms with Crippen LogP contribution in [0.25, 0.3) is 0 Å². The first-order valence-electron chi connectivity index (χ1n) is 8.23. The Kier molecular flexibility index (Phi) is 6.25. The monoisotopic (exact) mass is 304 g/mol. The van der Waals surface area contributed by atoms with Crippen molar-refractivity contribution in [1.29, 1.82) is 0 Å². The van der Waals surface area contributed by atoms with Crippen molar-refractivity contribution >= 4 is 5.91 Å². The molecule has 0 bridgehead atoms. The molecule has 1 unspecified atom stereocenters. The maximum Gasteiger partial charge on any atom is 0.229 e. The molecule has 1 fully saturated rings. The van der Waals surface area contributed by atoms with E-state index in [0.717, 1.165) is 49.7 Å². The second-order valence-corrected chi connectivity index (χ2v) is 6.16. The van der Waals surface area contributed by atoms with Crippen LogP contribution in [0.15, 0.2) is 24.3 Å². The molecule has 0 spiro atoms. The second-order valence-electron chi connectivity index (χ2n) is 6.16. The molecule has 0 aromatic heterocycles. The maximum atomic E-state index is 12.7. The van der Waals surface area contributed by atoms with Gasteiger partial charge in [0.1, 0.15) is 5.75 Å². The predicted octanol–water partition coefficient (Wildman–Crippen LogP) is 2.65. The summed E-state index contributed by atoms with van der Waals surface area (Å²) in [5.74, 6) is 1.75. The molecule has 1 saturated heterocycles. The number of benzene rings is 1. The molecule has 4 nitrogen and oxygen atoms in total. The summed E-state index contributed by atoms with van der Waals surface area (Å²) in [7, 11) is 3.65. The fourth-order valence-corrected chi connectivity index (χ4v) is 3.10. The number of hydrogen-bond donors (Lipinski definition) is 1. The van der Waals surface area contributed by atoms with Crippen LogP contribution in [0.3, 0.4) is 0 Å². The lowest BCUT2D eigenvalue weighted by molar-refractivity contribution is -0.133. The number of methoxy groups -OCH3 is 1. The van der Waals surface area contributed by atoms with E-state index in [2.05, 4.69) is 5.32 Å². The average molecular weight is 304 g/mol. The van der Waals surface area contributed by atoms with Crippen LogP contribution in [0.4, 0.5) is 0 Å². The molecule has 4 heteroatoms. The number of carbonyl (C=O) groups excluding carboxylic acids is 1. The highest BCUT2D eigenvalue weighted by atomic mass is 16.5. The third-order valence-electron chi connectivity index (χ3n) is 4.72. The summed E-state index contributed by atoms with van der Waals surface area (Å²) in [6.07, 6.45) is 3.47. The van der Waals surface area contributed by atoms with Crippen LogP contribution in [-0.2, 0) is 4.79 Å². The van der Waals surface area contributed by atoms with Crippen molar-refractivity contribution in [3.63, 3.8) is 0 Å². The number of carbonyl (C=O) groups is 1. The number of nitrogens with one attached hydrogen (secondary N) is 1. The summed E-state index contributed by atoms with van der Waals surface area (Å²) >= 11 is 0. The molecular formula is C18H28N2O2. The van der Waals surface area contributed by atoms with E-state index in [1.165, 1.54) is 6.42 Å². The van der Waals surface area contributed by atoms with Crippen LogP contribution in [-0.4, -0.2) is 44.6 Å². The van der Waals surface area contributed by atoms with Crippen molar-refractivity contribution in [1.82, 2.24) is 10.2 Å². The first-order chi connectivity index (χ1) is 10.7.